The molecule has 1 aromatic heterocycles. The molecule has 0 bridgehead atoms. The molecule has 0 unspecified atom stereocenters. The normalized spacial score (nSPS) is 17.7. The summed E-state index contributed by atoms with van der Waals surface area (Å²) in [5.41, 5.74) is -0.136. The summed E-state index contributed by atoms with van der Waals surface area (Å²) in [6.07, 6.45) is 4.95. The molecule has 7 nitrogen and oxygen atoms in total. The lowest BCUT2D eigenvalue weighted by Crippen LogP contribution is -2.34. The summed E-state index contributed by atoms with van der Waals surface area (Å²) in [4.78, 5) is 6.65. The molecule has 1 saturated heterocycles. The molecule has 2 rings (SSSR count). The number of hydrogen-bond donors (Lipinski definition) is 0. The van der Waals surface area contributed by atoms with Gasteiger partial charge < -0.3 is 9.42 Å². The van der Waals surface area contributed by atoms with Gasteiger partial charge in [0, 0.05) is 18.5 Å². The molecule has 0 aliphatic carbocycles. The van der Waals surface area contributed by atoms with Crippen LogP contribution in [0.5, 0.6) is 0 Å². The molecule has 0 radical (unpaired) electrons. The minimum absolute atomic E-state index is 0.136. The Morgan fingerprint density at radius 2 is 1.96 bits per heavy atom. The van der Waals surface area contributed by atoms with E-state index in [-0.39, 0.29) is 12.0 Å². The van der Waals surface area contributed by atoms with Gasteiger partial charge >= 0.3 is 0 Å². The highest BCUT2D eigenvalue weighted by atomic mass is 32.2. The second-order valence-electron chi connectivity index (χ2n) is 7.25. The predicted octanol–water partition coefficient (Wildman–Crippen LogP) is 2.34. The summed E-state index contributed by atoms with van der Waals surface area (Å²) in [6.45, 7) is 8.24. The fourth-order valence-electron chi connectivity index (χ4n) is 2.65. The van der Waals surface area contributed by atoms with Crippen LogP contribution in [0.2, 0.25) is 0 Å². The second kappa shape index (κ2) is 7.17. The van der Waals surface area contributed by atoms with Crippen molar-refractivity contribution in [2.24, 2.45) is 5.92 Å². The highest BCUT2D eigenvalue weighted by molar-refractivity contribution is 7.85. The van der Waals surface area contributed by atoms with Crippen LogP contribution in [0.25, 0.3) is 0 Å². The number of rotatable bonds is 6. The van der Waals surface area contributed by atoms with E-state index in [9.17, 15) is 8.42 Å². The van der Waals surface area contributed by atoms with Crippen LogP contribution in [0.3, 0.4) is 0 Å². The van der Waals surface area contributed by atoms with Gasteiger partial charge in [-0.05, 0) is 36.8 Å². The molecule has 0 spiro atoms. The van der Waals surface area contributed by atoms with Gasteiger partial charge in [-0.1, -0.05) is 20.8 Å². The highest BCUT2D eigenvalue weighted by Gasteiger charge is 2.26. The zero-order chi connectivity index (χ0) is 17.1. The van der Waals surface area contributed by atoms with E-state index in [4.69, 9.17) is 8.71 Å². The molecule has 8 heteroatoms. The van der Waals surface area contributed by atoms with Crippen molar-refractivity contribution in [2.45, 2.75) is 51.9 Å². The number of hydrogen-bond acceptors (Lipinski definition) is 7. The van der Waals surface area contributed by atoms with Gasteiger partial charge in [0.2, 0.25) is 5.89 Å². The summed E-state index contributed by atoms with van der Waals surface area (Å²) in [6, 6.07) is 0. The van der Waals surface area contributed by atoms with Crippen molar-refractivity contribution in [1.82, 2.24) is 10.1 Å². The number of aromatic nitrogens is 2. The third-order valence-corrected chi connectivity index (χ3v) is 4.60. The van der Waals surface area contributed by atoms with Crippen LogP contribution in [0.15, 0.2) is 4.52 Å². The first-order valence-corrected chi connectivity index (χ1v) is 9.90. The van der Waals surface area contributed by atoms with Crippen LogP contribution in [0.4, 0.5) is 5.95 Å². The molecule has 0 saturated carbocycles. The van der Waals surface area contributed by atoms with Crippen LogP contribution in [-0.4, -0.2) is 44.5 Å². The lowest BCUT2D eigenvalue weighted by Gasteiger charge is -2.30. The molecule has 0 atom stereocenters. The molecule has 2 heterocycles. The number of piperidine rings is 1. The molecular weight excluding hydrogens is 318 g/mol. The standard InChI is InChI=1S/C15H27N3O4S/c1-15(2,3)13-16-14(17-22-13)18-9-7-12(8-10-18)6-5-11-21-23(4,19)20/h12H,5-11H2,1-4H3. The Morgan fingerprint density at radius 3 is 2.48 bits per heavy atom. The topological polar surface area (TPSA) is 85.5 Å². The first kappa shape index (κ1) is 18.2. The average Bonchev–Trinajstić information content (AvgIpc) is 2.93. The van der Waals surface area contributed by atoms with Crippen LogP contribution < -0.4 is 4.90 Å². The highest BCUT2D eigenvalue weighted by Crippen LogP contribution is 2.27. The van der Waals surface area contributed by atoms with E-state index < -0.39 is 10.1 Å². The van der Waals surface area contributed by atoms with E-state index in [0.29, 0.717) is 17.8 Å². The van der Waals surface area contributed by atoms with Gasteiger partial charge in [-0.3, -0.25) is 4.18 Å². The molecule has 0 N–H and O–H groups in total. The summed E-state index contributed by atoms with van der Waals surface area (Å²) in [7, 11) is -3.32. The Kier molecular flexibility index (Phi) is 5.67. The fourth-order valence-corrected chi connectivity index (χ4v) is 3.07. The SMILES string of the molecule is CC(C)(C)c1nc(N2CCC(CCCOS(C)(=O)=O)CC2)no1. The molecule has 23 heavy (non-hydrogen) atoms. The predicted molar refractivity (Wildman–Crippen MR) is 88.0 cm³/mol. The maximum absolute atomic E-state index is 10.9. The Labute approximate surface area is 138 Å². The van der Waals surface area contributed by atoms with E-state index in [0.717, 1.165) is 45.0 Å². The Hall–Kier alpha value is -1.15. The third kappa shape index (κ3) is 5.76. The average molecular weight is 345 g/mol. The van der Waals surface area contributed by atoms with Gasteiger partial charge in [0.1, 0.15) is 0 Å². The summed E-state index contributed by atoms with van der Waals surface area (Å²) in [5, 5.41) is 4.09. The number of anilines is 1. The van der Waals surface area contributed by atoms with Crippen molar-refractivity contribution >= 4 is 16.1 Å². The zero-order valence-electron chi connectivity index (χ0n) is 14.4. The van der Waals surface area contributed by atoms with Crippen molar-refractivity contribution in [3.05, 3.63) is 5.89 Å². The lowest BCUT2D eigenvalue weighted by molar-refractivity contribution is 0.283. The van der Waals surface area contributed by atoms with E-state index in [2.05, 4.69) is 35.8 Å². The molecule has 1 aromatic rings. The monoisotopic (exact) mass is 345 g/mol. The molecule has 1 aliphatic rings. The second-order valence-corrected chi connectivity index (χ2v) is 8.89. The van der Waals surface area contributed by atoms with Crippen molar-refractivity contribution in [3.8, 4) is 0 Å². The van der Waals surface area contributed by atoms with Gasteiger partial charge in [-0.25, -0.2) is 0 Å². The molecule has 0 aromatic carbocycles. The van der Waals surface area contributed by atoms with Crippen molar-refractivity contribution in [2.75, 3.05) is 30.9 Å². The van der Waals surface area contributed by atoms with E-state index in [1.807, 2.05) is 0 Å². The third-order valence-electron chi connectivity index (χ3n) is 4.01. The molecule has 0 amide bonds. The molecule has 132 valence electrons. The smallest absolute Gasteiger partial charge is 0.266 e. The van der Waals surface area contributed by atoms with Gasteiger partial charge in [0.15, 0.2) is 0 Å². The zero-order valence-corrected chi connectivity index (χ0v) is 15.2. The van der Waals surface area contributed by atoms with Gasteiger partial charge in [-0.15, -0.1) is 0 Å². The lowest BCUT2D eigenvalue weighted by atomic mass is 9.92. The minimum Gasteiger partial charge on any atom is -0.338 e. The quantitative estimate of drug-likeness (QED) is 0.578. The first-order chi connectivity index (χ1) is 10.6. The Bertz CT molecular complexity index is 598. The van der Waals surface area contributed by atoms with Gasteiger partial charge in [0.25, 0.3) is 16.1 Å². The Balaban J connectivity index is 1.74. The van der Waals surface area contributed by atoms with Crippen LogP contribution in [0, 0.1) is 5.92 Å². The maximum atomic E-state index is 10.9. The largest absolute Gasteiger partial charge is 0.338 e. The molecular formula is C15H27N3O4S. The summed E-state index contributed by atoms with van der Waals surface area (Å²) in [5.74, 6) is 1.93. The fraction of sp³-hybridized carbons (Fsp3) is 0.867. The van der Waals surface area contributed by atoms with E-state index >= 15 is 0 Å². The van der Waals surface area contributed by atoms with Gasteiger partial charge in [-0.2, -0.15) is 13.4 Å². The van der Waals surface area contributed by atoms with Crippen LogP contribution in [0.1, 0.15) is 52.3 Å². The van der Waals surface area contributed by atoms with Gasteiger partial charge in [0.05, 0.1) is 12.9 Å². The van der Waals surface area contributed by atoms with Crippen LogP contribution in [-0.2, 0) is 19.7 Å². The Morgan fingerprint density at radius 1 is 1.30 bits per heavy atom. The van der Waals surface area contributed by atoms with Crippen molar-refractivity contribution < 1.29 is 17.1 Å². The van der Waals surface area contributed by atoms with Crippen molar-refractivity contribution in [3.63, 3.8) is 0 Å². The van der Waals surface area contributed by atoms with Crippen molar-refractivity contribution in [1.29, 1.82) is 0 Å². The summed E-state index contributed by atoms with van der Waals surface area (Å²) < 4.78 is 31.9. The minimum atomic E-state index is -3.32. The van der Waals surface area contributed by atoms with E-state index in [1.54, 1.807) is 0 Å². The van der Waals surface area contributed by atoms with Crippen LogP contribution >= 0.6 is 0 Å². The summed E-state index contributed by atoms with van der Waals surface area (Å²) >= 11 is 0. The maximum Gasteiger partial charge on any atom is 0.266 e. The number of nitrogens with zero attached hydrogens (tertiary/aromatic N) is 3. The first-order valence-electron chi connectivity index (χ1n) is 8.09. The molecule has 1 fully saturated rings. The molecule has 1 aliphatic heterocycles. The van der Waals surface area contributed by atoms with E-state index in [1.165, 1.54) is 0 Å².